The van der Waals surface area contributed by atoms with Crippen molar-refractivity contribution in [2.24, 2.45) is 0 Å². The Hall–Kier alpha value is -3.02. The van der Waals surface area contributed by atoms with Crippen molar-refractivity contribution in [3.8, 4) is 11.5 Å². The van der Waals surface area contributed by atoms with Gasteiger partial charge in [0, 0.05) is 31.3 Å². The molecule has 2 aromatic rings. The molecule has 0 aromatic heterocycles. The lowest BCUT2D eigenvalue weighted by atomic mass is 10.1. The molecule has 0 fully saturated rings. The zero-order valence-corrected chi connectivity index (χ0v) is 15.4. The van der Waals surface area contributed by atoms with E-state index in [1.165, 1.54) is 12.0 Å². The van der Waals surface area contributed by atoms with Gasteiger partial charge in [-0.3, -0.25) is 9.59 Å². The Morgan fingerprint density at radius 2 is 1.69 bits per heavy atom. The lowest BCUT2D eigenvalue weighted by molar-refractivity contribution is -0.159. The van der Waals surface area contributed by atoms with Crippen LogP contribution in [0.3, 0.4) is 0 Å². The second-order valence-electron chi connectivity index (χ2n) is 5.87. The number of carbonyl (C=O) groups excluding carboxylic acids is 2. The van der Waals surface area contributed by atoms with Gasteiger partial charge in [0.1, 0.15) is 11.5 Å². The van der Waals surface area contributed by atoms with Crippen LogP contribution < -0.4 is 9.47 Å². The molecule has 0 aliphatic rings. The Bertz CT molecular complexity index is 758. The van der Waals surface area contributed by atoms with E-state index in [-0.39, 0.29) is 12.3 Å². The van der Waals surface area contributed by atoms with E-state index in [1.54, 1.807) is 63.7 Å². The molecule has 0 N–H and O–H groups in total. The Morgan fingerprint density at radius 3 is 2.27 bits per heavy atom. The zero-order valence-electron chi connectivity index (χ0n) is 15.4. The van der Waals surface area contributed by atoms with Crippen molar-refractivity contribution in [3.63, 3.8) is 0 Å². The third kappa shape index (κ3) is 4.75. The molecule has 0 radical (unpaired) electrons. The molecule has 26 heavy (non-hydrogen) atoms. The number of ether oxygens (including phenoxy) is 3. The van der Waals surface area contributed by atoms with Crippen LogP contribution in [0.2, 0.25) is 0 Å². The fourth-order valence-electron chi connectivity index (χ4n) is 2.45. The van der Waals surface area contributed by atoms with Gasteiger partial charge in [0.25, 0.3) is 5.91 Å². The van der Waals surface area contributed by atoms with Crippen LogP contribution in [0.5, 0.6) is 11.5 Å². The highest BCUT2D eigenvalue weighted by Crippen LogP contribution is 2.26. The number of nitrogens with zero attached hydrogens (tertiary/aromatic N) is 1. The largest absolute Gasteiger partial charge is 0.497 e. The van der Waals surface area contributed by atoms with Gasteiger partial charge in [0.2, 0.25) is 6.10 Å². The van der Waals surface area contributed by atoms with Gasteiger partial charge in [-0.05, 0) is 6.07 Å². The highest BCUT2D eigenvalue weighted by atomic mass is 16.5. The summed E-state index contributed by atoms with van der Waals surface area (Å²) in [6.07, 6.45) is -1.00. The molecule has 0 aliphatic heterocycles. The molecule has 6 heteroatoms. The summed E-state index contributed by atoms with van der Waals surface area (Å²) in [5.74, 6) is 0.337. The second-order valence-corrected chi connectivity index (χ2v) is 5.87. The highest BCUT2D eigenvalue weighted by molar-refractivity contribution is 5.85. The molecule has 0 saturated carbocycles. The van der Waals surface area contributed by atoms with E-state index in [4.69, 9.17) is 14.2 Å². The number of methoxy groups -OCH3 is 2. The minimum absolute atomic E-state index is 0.0167. The van der Waals surface area contributed by atoms with Crippen molar-refractivity contribution in [2.75, 3.05) is 28.3 Å². The van der Waals surface area contributed by atoms with Crippen molar-refractivity contribution in [1.29, 1.82) is 0 Å². The summed E-state index contributed by atoms with van der Waals surface area (Å²) in [6.45, 7) is 0. The van der Waals surface area contributed by atoms with Gasteiger partial charge in [-0.2, -0.15) is 0 Å². The standard InChI is InChI=1S/C20H23NO5/c1-21(2)20(23)19(14-8-6-5-7-9-14)26-18(22)12-15-10-11-16(24-3)13-17(15)25-4/h5-11,13,19H,12H2,1-4H3. The van der Waals surface area contributed by atoms with E-state index < -0.39 is 12.1 Å². The normalized spacial score (nSPS) is 11.4. The third-order valence-corrected chi connectivity index (χ3v) is 3.85. The number of hydrogen-bond acceptors (Lipinski definition) is 5. The van der Waals surface area contributed by atoms with Gasteiger partial charge in [0.15, 0.2) is 0 Å². The molecule has 0 aliphatic carbocycles. The zero-order chi connectivity index (χ0) is 19.1. The predicted octanol–water partition coefficient (Wildman–Crippen LogP) is 2.62. The number of benzene rings is 2. The number of carbonyl (C=O) groups is 2. The van der Waals surface area contributed by atoms with E-state index >= 15 is 0 Å². The fourth-order valence-corrected chi connectivity index (χ4v) is 2.45. The average molecular weight is 357 g/mol. The summed E-state index contributed by atoms with van der Waals surface area (Å²) >= 11 is 0. The van der Waals surface area contributed by atoms with Crippen LogP contribution in [0, 0.1) is 0 Å². The van der Waals surface area contributed by atoms with Crippen LogP contribution in [0.15, 0.2) is 48.5 Å². The molecule has 0 bridgehead atoms. The van der Waals surface area contributed by atoms with Crippen molar-refractivity contribution in [3.05, 3.63) is 59.7 Å². The summed E-state index contributed by atoms with van der Waals surface area (Å²) in [7, 11) is 6.32. The molecule has 1 amide bonds. The lowest BCUT2D eigenvalue weighted by Gasteiger charge is -2.21. The summed E-state index contributed by atoms with van der Waals surface area (Å²) < 4.78 is 16.0. The Balaban J connectivity index is 2.19. The summed E-state index contributed by atoms with van der Waals surface area (Å²) in [5, 5.41) is 0. The van der Waals surface area contributed by atoms with Crippen LogP contribution in [0.4, 0.5) is 0 Å². The van der Waals surface area contributed by atoms with Crippen LogP contribution in [-0.2, 0) is 20.7 Å². The molecule has 2 aromatic carbocycles. The number of hydrogen-bond donors (Lipinski definition) is 0. The molecule has 6 nitrogen and oxygen atoms in total. The van der Waals surface area contributed by atoms with Crippen molar-refractivity contribution >= 4 is 11.9 Å². The minimum atomic E-state index is -0.983. The summed E-state index contributed by atoms with van der Waals surface area (Å²) in [6, 6.07) is 14.1. The summed E-state index contributed by atoms with van der Waals surface area (Å²) in [5.41, 5.74) is 1.28. The minimum Gasteiger partial charge on any atom is -0.497 e. The monoisotopic (exact) mass is 357 g/mol. The van der Waals surface area contributed by atoms with Gasteiger partial charge in [0.05, 0.1) is 20.6 Å². The molecule has 1 unspecified atom stereocenters. The number of rotatable bonds is 7. The predicted molar refractivity (Wildman–Crippen MR) is 97.2 cm³/mol. The lowest BCUT2D eigenvalue weighted by Crippen LogP contribution is -2.31. The first-order valence-corrected chi connectivity index (χ1v) is 8.12. The van der Waals surface area contributed by atoms with E-state index in [0.29, 0.717) is 22.6 Å². The van der Waals surface area contributed by atoms with Crippen LogP contribution >= 0.6 is 0 Å². The molecule has 0 heterocycles. The van der Waals surface area contributed by atoms with Gasteiger partial charge in [-0.1, -0.05) is 36.4 Å². The molecule has 0 saturated heterocycles. The van der Waals surface area contributed by atoms with Gasteiger partial charge in [-0.25, -0.2) is 0 Å². The van der Waals surface area contributed by atoms with Crippen LogP contribution in [0.25, 0.3) is 0 Å². The van der Waals surface area contributed by atoms with E-state index in [1.807, 2.05) is 6.07 Å². The van der Waals surface area contributed by atoms with Crippen LogP contribution in [0.1, 0.15) is 17.2 Å². The number of amides is 1. The maximum atomic E-state index is 12.5. The van der Waals surface area contributed by atoms with Gasteiger partial charge >= 0.3 is 5.97 Å². The SMILES string of the molecule is COc1ccc(CC(=O)OC(C(=O)N(C)C)c2ccccc2)c(OC)c1. The smallest absolute Gasteiger partial charge is 0.311 e. The molecule has 1 atom stereocenters. The van der Waals surface area contributed by atoms with E-state index in [2.05, 4.69) is 0 Å². The van der Waals surface area contributed by atoms with Crippen molar-refractivity contribution in [2.45, 2.75) is 12.5 Å². The molecule has 2 rings (SSSR count). The second kappa shape index (κ2) is 8.89. The molecular formula is C20H23NO5. The Labute approximate surface area is 153 Å². The average Bonchev–Trinajstić information content (AvgIpc) is 2.66. The Morgan fingerprint density at radius 1 is 1.00 bits per heavy atom. The van der Waals surface area contributed by atoms with E-state index in [0.717, 1.165) is 0 Å². The number of esters is 1. The molecule has 138 valence electrons. The first kappa shape index (κ1) is 19.3. The molecular weight excluding hydrogens is 334 g/mol. The quantitative estimate of drug-likeness (QED) is 0.713. The summed E-state index contributed by atoms with van der Waals surface area (Å²) in [4.78, 5) is 26.3. The maximum absolute atomic E-state index is 12.5. The maximum Gasteiger partial charge on any atom is 0.311 e. The van der Waals surface area contributed by atoms with Gasteiger partial charge in [-0.15, -0.1) is 0 Å². The fraction of sp³-hybridized carbons (Fsp3) is 0.300. The number of likely N-dealkylation sites (N-methyl/N-ethyl adjacent to an activating group) is 1. The van der Waals surface area contributed by atoms with Crippen molar-refractivity contribution in [1.82, 2.24) is 4.90 Å². The first-order chi connectivity index (χ1) is 12.5. The van der Waals surface area contributed by atoms with Crippen LogP contribution in [-0.4, -0.2) is 45.1 Å². The molecule has 0 spiro atoms. The topological polar surface area (TPSA) is 65.1 Å². The highest BCUT2D eigenvalue weighted by Gasteiger charge is 2.26. The van der Waals surface area contributed by atoms with E-state index in [9.17, 15) is 9.59 Å². The van der Waals surface area contributed by atoms with Gasteiger partial charge < -0.3 is 19.1 Å². The third-order valence-electron chi connectivity index (χ3n) is 3.85. The first-order valence-electron chi connectivity index (χ1n) is 8.12. The Kier molecular flexibility index (Phi) is 6.60. The van der Waals surface area contributed by atoms with Crippen molar-refractivity contribution < 1.29 is 23.8 Å².